The Kier molecular flexibility index (Phi) is 6.08. The first-order valence-electron chi connectivity index (χ1n) is 11.4. The number of aryl methyl sites for hydroxylation is 1. The molecular formula is C22H22F7N7O. The maximum absolute atomic E-state index is 13.7. The van der Waals surface area contributed by atoms with E-state index in [1.54, 1.807) is 13.0 Å². The van der Waals surface area contributed by atoms with Crippen molar-refractivity contribution in [2.45, 2.75) is 44.7 Å². The maximum Gasteiger partial charge on any atom is 0.419 e. The Morgan fingerprint density at radius 3 is 2.32 bits per heavy atom. The first-order valence-corrected chi connectivity index (χ1v) is 11.4. The third-order valence-corrected chi connectivity index (χ3v) is 6.64. The molecule has 2 aromatic heterocycles. The molecule has 2 atom stereocenters. The van der Waals surface area contributed by atoms with Crippen molar-refractivity contribution in [3.05, 3.63) is 41.3 Å². The summed E-state index contributed by atoms with van der Waals surface area (Å²) in [5.74, 6) is -1.30. The van der Waals surface area contributed by atoms with Crippen LogP contribution < -0.4 is 15.4 Å². The minimum absolute atomic E-state index is 0.0788. The lowest BCUT2D eigenvalue weighted by molar-refractivity contribution is -0.143. The van der Waals surface area contributed by atoms with Crippen LogP contribution >= 0.6 is 0 Å². The van der Waals surface area contributed by atoms with E-state index >= 15 is 0 Å². The van der Waals surface area contributed by atoms with Gasteiger partial charge in [0.15, 0.2) is 0 Å². The molecule has 3 aromatic rings. The van der Waals surface area contributed by atoms with Crippen LogP contribution in [0.2, 0.25) is 0 Å². The molecule has 15 heteroatoms. The molecule has 0 amide bonds. The van der Waals surface area contributed by atoms with Gasteiger partial charge in [-0.2, -0.15) is 41.1 Å². The fourth-order valence-corrected chi connectivity index (χ4v) is 4.95. The molecule has 0 spiro atoms. The number of benzene rings is 1. The second-order valence-corrected chi connectivity index (χ2v) is 9.34. The number of nitrogens with zero attached hydrogens (tertiary/aromatic N) is 6. The molecular weight excluding hydrogens is 511 g/mol. The molecule has 200 valence electrons. The first kappa shape index (κ1) is 25.3. The quantitative estimate of drug-likeness (QED) is 0.488. The summed E-state index contributed by atoms with van der Waals surface area (Å²) in [6.45, 7) is 1.34. The number of anilines is 1. The fourth-order valence-electron chi connectivity index (χ4n) is 4.95. The summed E-state index contributed by atoms with van der Waals surface area (Å²) in [5, 5.41) is 8.23. The second-order valence-electron chi connectivity index (χ2n) is 9.34. The molecule has 3 heterocycles. The highest BCUT2D eigenvalue weighted by Gasteiger charge is 2.41. The van der Waals surface area contributed by atoms with Crippen LogP contribution in [0.3, 0.4) is 0 Å². The minimum atomic E-state index is -5.04. The molecule has 2 N–H and O–H groups in total. The molecule has 5 rings (SSSR count). The number of halogens is 7. The molecule has 37 heavy (non-hydrogen) atoms. The van der Waals surface area contributed by atoms with Crippen molar-refractivity contribution in [1.82, 2.24) is 24.5 Å². The van der Waals surface area contributed by atoms with E-state index in [0.29, 0.717) is 41.4 Å². The van der Waals surface area contributed by atoms with Gasteiger partial charge in [-0.05, 0) is 49.8 Å². The highest BCUT2D eigenvalue weighted by atomic mass is 19.4. The summed E-state index contributed by atoms with van der Waals surface area (Å²) >= 11 is 0. The monoisotopic (exact) mass is 533 g/mol. The number of piperidine rings is 1. The smallest absolute Gasteiger partial charge is 0.419 e. The lowest BCUT2D eigenvalue weighted by atomic mass is 9.93. The van der Waals surface area contributed by atoms with E-state index in [4.69, 9.17) is 10.5 Å². The average Bonchev–Trinajstić information content (AvgIpc) is 3.40. The van der Waals surface area contributed by atoms with Gasteiger partial charge in [0.05, 0.1) is 11.3 Å². The summed E-state index contributed by atoms with van der Waals surface area (Å²) < 4.78 is 99.7. The van der Waals surface area contributed by atoms with Gasteiger partial charge in [-0.3, -0.25) is 0 Å². The summed E-state index contributed by atoms with van der Waals surface area (Å²) in [5.41, 5.74) is 5.21. The number of rotatable bonds is 5. The van der Waals surface area contributed by atoms with Crippen molar-refractivity contribution >= 4 is 5.82 Å². The van der Waals surface area contributed by atoms with E-state index < -0.39 is 42.0 Å². The largest absolute Gasteiger partial charge is 0.424 e. The van der Waals surface area contributed by atoms with Crippen LogP contribution in [0.5, 0.6) is 11.8 Å². The van der Waals surface area contributed by atoms with Crippen LogP contribution in [0.4, 0.5) is 36.6 Å². The second kappa shape index (κ2) is 8.89. The van der Waals surface area contributed by atoms with Crippen molar-refractivity contribution in [3.63, 3.8) is 0 Å². The Morgan fingerprint density at radius 2 is 1.70 bits per heavy atom. The van der Waals surface area contributed by atoms with Gasteiger partial charge < -0.3 is 15.4 Å². The summed E-state index contributed by atoms with van der Waals surface area (Å²) in [7, 11) is 0. The molecule has 1 aromatic carbocycles. The van der Waals surface area contributed by atoms with Gasteiger partial charge >= 0.3 is 18.4 Å². The third kappa shape index (κ3) is 5.08. The van der Waals surface area contributed by atoms with Gasteiger partial charge in [-0.25, -0.2) is 9.07 Å². The van der Waals surface area contributed by atoms with E-state index in [-0.39, 0.29) is 23.8 Å². The fraction of sp³-hybridized carbons (Fsp3) is 0.500. The lowest BCUT2D eigenvalue weighted by Crippen LogP contribution is -2.49. The average molecular weight is 533 g/mol. The Morgan fingerprint density at radius 1 is 1.03 bits per heavy atom. The minimum Gasteiger partial charge on any atom is -0.424 e. The van der Waals surface area contributed by atoms with Crippen LogP contribution in [0.1, 0.15) is 24.1 Å². The van der Waals surface area contributed by atoms with Crippen LogP contribution in [-0.4, -0.2) is 49.9 Å². The van der Waals surface area contributed by atoms with Crippen molar-refractivity contribution in [1.29, 1.82) is 0 Å². The molecule has 2 unspecified atom stereocenters. The van der Waals surface area contributed by atoms with Crippen LogP contribution in [0, 0.1) is 24.6 Å². The van der Waals surface area contributed by atoms with Gasteiger partial charge in [0.2, 0.25) is 0 Å². The molecule has 1 saturated carbocycles. The van der Waals surface area contributed by atoms with Crippen LogP contribution in [0.15, 0.2) is 24.3 Å². The Hall–Kier alpha value is -3.36. The zero-order chi connectivity index (χ0) is 26.7. The highest BCUT2D eigenvalue weighted by molar-refractivity contribution is 5.46. The summed E-state index contributed by atoms with van der Waals surface area (Å²) in [6, 6.07) is 2.80. The van der Waals surface area contributed by atoms with Gasteiger partial charge in [0.1, 0.15) is 23.9 Å². The highest BCUT2D eigenvalue weighted by Crippen LogP contribution is 2.39. The van der Waals surface area contributed by atoms with Gasteiger partial charge in [-0.1, -0.05) is 0 Å². The number of hydrogen-bond donors (Lipinski definition) is 1. The topological polar surface area (TPSA) is 87.0 Å². The zero-order valence-corrected chi connectivity index (χ0v) is 19.4. The predicted octanol–water partition coefficient (Wildman–Crippen LogP) is 4.46. The predicted molar refractivity (Wildman–Crippen MR) is 116 cm³/mol. The zero-order valence-electron chi connectivity index (χ0n) is 19.4. The number of hydrogen-bond acceptors (Lipinski definition) is 6. The van der Waals surface area contributed by atoms with Crippen LogP contribution in [0.25, 0.3) is 5.95 Å². The summed E-state index contributed by atoms with van der Waals surface area (Å²) in [6.07, 6.45) is -7.83. The molecule has 0 radical (unpaired) electrons. The molecule has 1 aliphatic heterocycles. The molecule has 1 aliphatic carbocycles. The number of alkyl halides is 6. The number of aromatic nitrogens is 5. The third-order valence-electron chi connectivity index (χ3n) is 6.64. The normalized spacial score (nSPS) is 22.1. The van der Waals surface area contributed by atoms with E-state index in [1.807, 2.05) is 4.90 Å². The van der Waals surface area contributed by atoms with E-state index in [1.165, 1.54) is 4.68 Å². The summed E-state index contributed by atoms with van der Waals surface area (Å²) in [4.78, 5) is 6.05. The van der Waals surface area contributed by atoms with E-state index in [9.17, 15) is 30.7 Å². The maximum atomic E-state index is 13.7. The van der Waals surface area contributed by atoms with Gasteiger partial charge in [0.25, 0.3) is 5.95 Å². The number of ether oxygens (including phenoxy) is 1. The van der Waals surface area contributed by atoms with E-state index in [0.717, 1.165) is 18.9 Å². The van der Waals surface area contributed by atoms with Crippen LogP contribution in [-0.2, 0) is 12.7 Å². The Labute approximate surface area is 205 Å². The SMILES string of the molecule is Cc1cc(N2CC3CCC(C2)C3N)n(-c2nc(Oc3ccc(F)c(C(F)(F)F)c3)n(CC(F)(F)F)n2)n1. The molecule has 2 fully saturated rings. The standard InChI is InChI=1S/C22H22F7N7O/c1-11-6-17(34-8-12-2-3-13(9-34)18(12)30)36(32-11)19-31-20(35(33-19)10-21(24,25)26)37-14-4-5-16(23)15(7-14)22(27,28)29/h4-7,12-13,18H,2-3,8-10,30H2,1H3. The van der Waals surface area contributed by atoms with E-state index in [2.05, 4.69) is 15.2 Å². The lowest BCUT2D eigenvalue weighted by Gasteiger charge is -2.37. The molecule has 1 saturated heterocycles. The Bertz CT molecular complexity index is 1290. The van der Waals surface area contributed by atoms with Crippen molar-refractivity contribution in [3.8, 4) is 17.7 Å². The Balaban J connectivity index is 1.51. The first-order chi connectivity index (χ1) is 17.3. The molecule has 8 nitrogen and oxygen atoms in total. The van der Waals surface area contributed by atoms with Gasteiger partial charge in [0, 0.05) is 25.2 Å². The van der Waals surface area contributed by atoms with Crippen molar-refractivity contribution in [2.24, 2.45) is 17.6 Å². The molecule has 2 aliphatic rings. The van der Waals surface area contributed by atoms with Crippen molar-refractivity contribution < 1.29 is 35.5 Å². The number of fused-ring (bicyclic) bond motifs is 2. The molecule has 2 bridgehead atoms. The van der Waals surface area contributed by atoms with Gasteiger partial charge in [-0.15, -0.1) is 5.10 Å². The number of nitrogens with two attached hydrogens (primary N) is 1. The van der Waals surface area contributed by atoms with Crippen molar-refractivity contribution in [2.75, 3.05) is 18.0 Å².